The van der Waals surface area contributed by atoms with Gasteiger partial charge in [0.25, 0.3) is 0 Å². The molecule has 0 spiro atoms. The van der Waals surface area contributed by atoms with E-state index < -0.39 is 102 Å². The molecule has 33 heteroatoms. The molecule has 0 aromatic carbocycles. The number of nitrogens with one attached hydrogen (secondary N) is 2. The molecule has 0 heterocycles. The minimum atomic E-state index is -8.48. The largest absolute Gasteiger partial charge is 0.460 e. The molecule has 0 radical (unpaired) electrons. The molecule has 0 aliphatic heterocycles. The van der Waals surface area contributed by atoms with Gasteiger partial charge in [0.2, 0.25) is 13.7 Å². The van der Waals surface area contributed by atoms with E-state index in [2.05, 4.69) is 17.8 Å². The van der Waals surface area contributed by atoms with Crippen LogP contribution in [0.25, 0.3) is 0 Å². The zero-order chi connectivity index (χ0) is 38.1. The molecule has 0 aromatic rings. The van der Waals surface area contributed by atoms with Gasteiger partial charge in [-0.25, -0.2) is 18.0 Å². The van der Waals surface area contributed by atoms with Gasteiger partial charge in [0.15, 0.2) is 0 Å². The van der Waals surface area contributed by atoms with Crippen LogP contribution >= 0.6 is 69.6 Å². The Morgan fingerprint density at radius 3 is 1.26 bits per heavy atom. The molecule has 0 bridgehead atoms. The van der Waals surface area contributed by atoms with Crippen LogP contribution in [0.15, 0.2) is 0 Å². The number of alkyl halides is 19. The zero-order valence-electron chi connectivity index (χ0n) is 20.8. The maximum absolute atomic E-state index is 14.7. The molecule has 12 nitrogen and oxygen atoms in total. The van der Waals surface area contributed by atoms with Gasteiger partial charge < -0.3 is 9.47 Å². The zero-order valence-corrected chi connectivity index (χ0v) is 26.9. The number of ether oxygens (including phenoxy) is 2. The molecule has 1 atom stereocenters. The Kier molecular flexibility index (Phi) is 14.6. The summed E-state index contributed by atoms with van der Waals surface area (Å²) in [4.78, 5) is 23.4. The highest BCUT2D eigenvalue weighted by molar-refractivity contribution is 7.85. The number of halogens is 19. The van der Waals surface area contributed by atoms with E-state index in [0.717, 1.165) is 0 Å². The fraction of sp³-hybridized carbons (Fsp3) is 0.857. The molecule has 0 saturated carbocycles. The molecule has 47 heavy (non-hydrogen) atoms. The second-order valence-electron chi connectivity index (χ2n) is 7.78. The summed E-state index contributed by atoms with van der Waals surface area (Å²) in [7, 11) is -11.3. The van der Waals surface area contributed by atoms with Crippen molar-refractivity contribution in [3.8, 4) is 0 Å². The molecule has 0 aliphatic carbocycles. The van der Waals surface area contributed by atoms with Crippen molar-refractivity contribution in [1.29, 1.82) is 0 Å². The monoisotopic (exact) mass is 886 g/mol. The summed E-state index contributed by atoms with van der Waals surface area (Å²) in [6.45, 7) is -5.93. The maximum atomic E-state index is 14.7. The minimum absolute atomic E-state index is 0.374. The standard InChI is InChI=1S/C14H9Cl6F13N2O10S2/c15-7(16,17)2-43-46(38,39)34-5(36)42-1-4(45-6(37)35-47(40,41)44-3-8(18,19)20)9(21,22)10(23,24)11(25,26)12(27,28)13(29,30)14(31,32)33/h4H,1-3H2,(H,34,36)(H,35,37). The molecule has 0 fully saturated rings. The second-order valence-corrected chi connectivity index (χ2v) is 15.5. The van der Waals surface area contributed by atoms with Crippen LogP contribution in [0.4, 0.5) is 66.7 Å². The Morgan fingerprint density at radius 1 is 0.574 bits per heavy atom. The highest BCUT2D eigenvalue weighted by Gasteiger charge is 2.91. The van der Waals surface area contributed by atoms with Crippen LogP contribution in [0.3, 0.4) is 0 Å². The van der Waals surface area contributed by atoms with Crippen molar-refractivity contribution < 1.29 is 101 Å². The quantitative estimate of drug-likeness (QED) is 0.161. The van der Waals surface area contributed by atoms with Crippen molar-refractivity contribution in [2.75, 3.05) is 19.8 Å². The van der Waals surface area contributed by atoms with Gasteiger partial charge in [-0.05, 0) is 0 Å². The predicted octanol–water partition coefficient (Wildman–Crippen LogP) is 5.81. The number of carbonyl (C=O) groups excluding carboxylic acids is 2. The first kappa shape index (κ1) is 46.2. The van der Waals surface area contributed by atoms with Crippen molar-refractivity contribution in [3.05, 3.63) is 0 Å². The molecule has 280 valence electrons. The summed E-state index contributed by atoms with van der Waals surface area (Å²) in [5, 5.41) is 0. The summed E-state index contributed by atoms with van der Waals surface area (Å²) in [6, 6.07) is 0. The second kappa shape index (κ2) is 14.8. The number of carbonyl (C=O) groups is 2. The van der Waals surface area contributed by atoms with Crippen LogP contribution < -0.4 is 9.44 Å². The smallest absolute Gasteiger partial charge is 0.445 e. The van der Waals surface area contributed by atoms with E-state index >= 15 is 0 Å². The van der Waals surface area contributed by atoms with Gasteiger partial charge in [-0.15, -0.1) is 0 Å². The van der Waals surface area contributed by atoms with E-state index in [1.807, 2.05) is 0 Å². The molecule has 0 rings (SSSR count). The van der Waals surface area contributed by atoms with Crippen LogP contribution in [0, 0.1) is 0 Å². The lowest BCUT2D eigenvalue weighted by Gasteiger charge is -2.41. The first-order chi connectivity index (χ1) is 20.3. The third-order valence-electron chi connectivity index (χ3n) is 4.15. The molecular weight excluding hydrogens is 880 g/mol. The van der Waals surface area contributed by atoms with Crippen LogP contribution in [0.1, 0.15) is 0 Å². The Bertz CT molecular complexity index is 1360. The molecule has 2 amide bonds. The normalized spacial score (nSPS) is 15.6. The van der Waals surface area contributed by atoms with E-state index in [9.17, 15) is 83.5 Å². The van der Waals surface area contributed by atoms with E-state index in [1.54, 1.807) is 0 Å². The van der Waals surface area contributed by atoms with Crippen LogP contribution in [0.5, 0.6) is 0 Å². The Morgan fingerprint density at radius 2 is 0.915 bits per heavy atom. The van der Waals surface area contributed by atoms with Crippen molar-refractivity contribution in [2.45, 2.75) is 49.5 Å². The van der Waals surface area contributed by atoms with Crippen LogP contribution in [-0.4, -0.2) is 98.3 Å². The van der Waals surface area contributed by atoms with Gasteiger partial charge in [-0.3, -0.25) is 0 Å². The van der Waals surface area contributed by atoms with Crippen molar-refractivity contribution in [1.82, 2.24) is 9.44 Å². The number of hydrogen-bond acceptors (Lipinski definition) is 10. The molecule has 0 saturated heterocycles. The van der Waals surface area contributed by atoms with E-state index in [1.165, 1.54) is 0 Å². The number of amides is 2. The summed E-state index contributed by atoms with van der Waals surface area (Å²) in [5.41, 5.74) is 0. The van der Waals surface area contributed by atoms with Gasteiger partial charge in [-0.1, -0.05) is 69.6 Å². The minimum Gasteiger partial charge on any atom is -0.445 e. The van der Waals surface area contributed by atoms with Gasteiger partial charge in [0.05, 0.1) is 0 Å². The van der Waals surface area contributed by atoms with Crippen LogP contribution in [0.2, 0.25) is 0 Å². The fourth-order valence-electron chi connectivity index (χ4n) is 2.08. The third kappa shape index (κ3) is 12.2. The average Bonchev–Trinajstić information content (AvgIpc) is 2.81. The van der Waals surface area contributed by atoms with Crippen molar-refractivity contribution >= 4 is 102 Å². The van der Waals surface area contributed by atoms with Gasteiger partial charge >= 0.3 is 68.6 Å². The SMILES string of the molecule is O=C(NS(=O)(=O)OCC(Cl)(Cl)Cl)OCC(OC(=O)NS(=O)(=O)OCC(Cl)(Cl)Cl)C(F)(F)C(F)(F)C(F)(F)C(F)(F)C(F)(F)C(F)(F)F. The molecular formula is C14H9Cl6F13N2O10S2. The van der Waals surface area contributed by atoms with Gasteiger partial charge in [0.1, 0.15) is 19.8 Å². The van der Waals surface area contributed by atoms with E-state index in [-0.39, 0.29) is 0 Å². The Labute approximate surface area is 281 Å². The first-order valence-electron chi connectivity index (χ1n) is 10.1. The summed E-state index contributed by atoms with van der Waals surface area (Å²) in [6.07, 6.45) is -18.4. The van der Waals surface area contributed by atoms with E-state index in [0.29, 0.717) is 9.44 Å². The Hall–Kier alpha value is -0.810. The van der Waals surface area contributed by atoms with Crippen molar-refractivity contribution in [3.63, 3.8) is 0 Å². The lowest BCUT2D eigenvalue weighted by molar-refractivity contribution is -0.444. The summed E-state index contributed by atoms with van der Waals surface area (Å²) < 4.78 is 233. The average molecular weight is 889 g/mol. The fourth-order valence-corrected chi connectivity index (χ4v) is 4.09. The molecule has 0 aromatic heterocycles. The lowest BCUT2D eigenvalue weighted by atomic mass is 9.91. The highest BCUT2D eigenvalue weighted by Crippen LogP contribution is 2.60. The Balaban J connectivity index is 6.65. The molecule has 0 aliphatic rings. The summed E-state index contributed by atoms with van der Waals surface area (Å²) >= 11 is 30.7. The predicted molar refractivity (Wildman–Crippen MR) is 129 cm³/mol. The molecule has 1 unspecified atom stereocenters. The summed E-state index contributed by atoms with van der Waals surface area (Å²) in [5.74, 6) is -40.7. The van der Waals surface area contributed by atoms with Gasteiger partial charge in [0, 0.05) is 0 Å². The maximum Gasteiger partial charge on any atom is 0.460 e. The number of hydrogen-bond donors (Lipinski definition) is 2. The first-order valence-corrected chi connectivity index (χ1v) is 15.2. The lowest BCUT2D eigenvalue weighted by Crippen LogP contribution is -2.72. The van der Waals surface area contributed by atoms with Gasteiger partial charge in [-0.2, -0.15) is 83.4 Å². The highest BCUT2D eigenvalue weighted by atomic mass is 35.6. The van der Waals surface area contributed by atoms with E-state index in [4.69, 9.17) is 69.6 Å². The molecule has 2 N–H and O–H groups in total. The third-order valence-corrected chi connectivity index (χ3v) is 6.49. The van der Waals surface area contributed by atoms with Crippen LogP contribution in [-0.2, 0) is 38.4 Å². The topological polar surface area (TPSA) is 163 Å². The van der Waals surface area contributed by atoms with Crippen molar-refractivity contribution in [2.24, 2.45) is 0 Å². The number of rotatable bonds is 14.